The highest BCUT2D eigenvalue weighted by molar-refractivity contribution is 7.99. The molecule has 1 saturated heterocycles. The van der Waals surface area contributed by atoms with Gasteiger partial charge in [0.2, 0.25) is 11.8 Å². The van der Waals surface area contributed by atoms with Gasteiger partial charge >= 0.3 is 0 Å². The van der Waals surface area contributed by atoms with Crippen molar-refractivity contribution in [1.29, 1.82) is 0 Å². The van der Waals surface area contributed by atoms with E-state index < -0.39 is 0 Å². The predicted octanol–water partition coefficient (Wildman–Crippen LogP) is 3.69. The van der Waals surface area contributed by atoms with Crippen LogP contribution in [0.2, 0.25) is 0 Å². The van der Waals surface area contributed by atoms with E-state index in [1.165, 1.54) is 28.2 Å². The molecule has 2 amide bonds. The first kappa shape index (κ1) is 24.1. The highest BCUT2D eigenvalue weighted by Crippen LogP contribution is 2.32. The fourth-order valence-corrected chi connectivity index (χ4v) is 5.91. The molecular weight excluding hydrogens is 406 g/mol. The number of thioether (sulfide) groups is 1. The van der Waals surface area contributed by atoms with Gasteiger partial charge in [0.1, 0.15) is 0 Å². The fourth-order valence-electron chi connectivity index (χ4n) is 4.86. The van der Waals surface area contributed by atoms with Gasteiger partial charge in [-0.1, -0.05) is 19.1 Å². The first-order valence-corrected chi connectivity index (χ1v) is 12.8. The van der Waals surface area contributed by atoms with Crippen molar-refractivity contribution in [2.75, 3.05) is 46.0 Å². The minimum atomic E-state index is 0.0771. The van der Waals surface area contributed by atoms with Crippen molar-refractivity contribution < 1.29 is 9.59 Å². The van der Waals surface area contributed by atoms with E-state index in [0.29, 0.717) is 25.6 Å². The Kier molecular flexibility index (Phi) is 8.85. The molecule has 0 saturated carbocycles. The molecule has 31 heavy (non-hydrogen) atoms. The summed E-state index contributed by atoms with van der Waals surface area (Å²) >= 11 is 1.97. The number of carbonyl (C=O) groups excluding carboxylic acids is 2. The molecule has 3 rings (SSSR count). The number of hydrogen-bond donors (Lipinski definition) is 0. The molecule has 0 aromatic heterocycles. The zero-order valence-electron chi connectivity index (χ0n) is 19.7. The van der Waals surface area contributed by atoms with Gasteiger partial charge in [-0.2, -0.15) is 0 Å². The number of aryl methyl sites for hydroxylation is 1. The summed E-state index contributed by atoms with van der Waals surface area (Å²) in [7, 11) is 3.62. The number of hydrogen-bond acceptors (Lipinski definition) is 4. The smallest absolute Gasteiger partial charge is 0.225 e. The summed E-state index contributed by atoms with van der Waals surface area (Å²) in [4.78, 5) is 32.4. The lowest BCUT2D eigenvalue weighted by Gasteiger charge is -2.33. The first-order chi connectivity index (χ1) is 14.9. The van der Waals surface area contributed by atoms with Gasteiger partial charge in [-0.15, -0.1) is 11.8 Å². The monoisotopic (exact) mass is 445 g/mol. The maximum absolute atomic E-state index is 12.7. The summed E-state index contributed by atoms with van der Waals surface area (Å²) in [6.45, 7) is 7.92. The van der Waals surface area contributed by atoms with Crippen LogP contribution in [-0.2, 0) is 22.4 Å². The van der Waals surface area contributed by atoms with Crippen molar-refractivity contribution in [1.82, 2.24) is 14.7 Å². The standard InChI is InChI=1S/C25H39N3O2S/c1-5-27(19(2)17-20-8-9-23-22(18-20)12-16-31-23)13-6-7-24(29)28-14-10-21(11-15-28)25(30)26(3)4/h8-9,18-19,21H,5-7,10-17H2,1-4H3. The molecule has 2 heterocycles. The zero-order valence-corrected chi connectivity index (χ0v) is 20.5. The Hall–Kier alpha value is -1.53. The molecule has 1 atom stereocenters. The second-order valence-electron chi connectivity index (χ2n) is 9.21. The summed E-state index contributed by atoms with van der Waals surface area (Å²) in [6.07, 6.45) is 5.34. The van der Waals surface area contributed by atoms with Crippen LogP contribution in [0.1, 0.15) is 50.7 Å². The number of likely N-dealkylation sites (tertiary alicyclic amines) is 1. The molecule has 1 aromatic carbocycles. The van der Waals surface area contributed by atoms with Crippen LogP contribution in [0.25, 0.3) is 0 Å². The van der Waals surface area contributed by atoms with Crippen molar-refractivity contribution in [2.24, 2.45) is 5.92 Å². The number of nitrogens with zero attached hydrogens (tertiary/aromatic N) is 3. The zero-order chi connectivity index (χ0) is 22.4. The maximum atomic E-state index is 12.7. The van der Waals surface area contributed by atoms with Crippen molar-refractivity contribution in [3.63, 3.8) is 0 Å². The molecule has 1 aromatic rings. The Morgan fingerprint density at radius 2 is 1.97 bits per heavy atom. The average molecular weight is 446 g/mol. The van der Waals surface area contributed by atoms with E-state index >= 15 is 0 Å². The molecule has 5 nitrogen and oxygen atoms in total. The van der Waals surface area contributed by atoms with E-state index in [0.717, 1.165) is 38.8 Å². The third-order valence-corrected chi connectivity index (χ3v) is 7.91. The number of benzene rings is 1. The van der Waals surface area contributed by atoms with Gasteiger partial charge in [0.05, 0.1) is 0 Å². The maximum Gasteiger partial charge on any atom is 0.225 e. The Morgan fingerprint density at radius 1 is 1.23 bits per heavy atom. The molecule has 6 heteroatoms. The number of carbonyl (C=O) groups is 2. The summed E-state index contributed by atoms with van der Waals surface area (Å²) in [5.74, 6) is 1.73. The van der Waals surface area contributed by atoms with Gasteiger partial charge < -0.3 is 14.7 Å². The summed E-state index contributed by atoms with van der Waals surface area (Å²) in [5.41, 5.74) is 2.94. The van der Waals surface area contributed by atoms with Gasteiger partial charge in [-0.25, -0.2) is 0 Å². The van der Waals surface area contributed by atoms with Crippen LogP contribution in [0, 0.1) is 5.92 Å². The van der Waals surface area contributed by atoms with E-state index in [-0.39, 0.29) is 17.7 Å². The number of rotatable bonds is 9. The average Bonchev–Trinajstić information content (AvgIpc) is 3.24. The highest BCUT2D eigenvalue weighted by atomic mass is 32.2. The molecule has 1 fully saturated rings. The van der Waals surface area contributed by atoms with Crippen molar-refractivity contribution in [3.8, 4) is 0 Å². The molecule has 0 aliphatic carbocycles. The fraction of sp³-hybridized carbons (Fsp3) is 0.680. The van der Waals surface area contributed by atoms with Gasteiger partial charge in [-0.05, 0) is 69.3 Å². The normalized spacial score (nSPS) is 17.6. The molecule has 172 valence electrons. The van der Waals surface area contributed by atoms with Crippen molar-refractivity contribution in [2.45, 2.75) is 63.3 Å². The number of fused-ring (bicyclic) bond motifs is 1. The van der Waals surface area contributed by atoms with E-state index in [1.807, 2.05) is 30.8 Å². The molecule has 0 radical (unpaired) electrons. The van der Waals surface area contributed by atoms with Crippen molar-refractivity contribution >= 4 is 23.6 Å². The van der Waals surface area contributed by atoms with Crippen LogP contribution in [0.4, 0.5) is 0 Å². The third kappa shape index (κ3) is 6.48. The van der Waals surface area contributed by atoms with E-state index in [4.69, 9.17) is 0 Å². The second kappa shape index (κ2) is 11.4. The molecule has 2 aliphatic heterocycles. The number of amides is 2. The van der Waals surface area contributed by atoms with Gasteiger partial charge in [-0.3, -0.25) is 9.59 Å². The molecular formula is C25H39N3O2S. The van der Waals surface area contributed by atoms with E-state index in [1.54, 1.807) is 4.90 Å². The third-order valence-electron chi connectivity index (χ3n) is 6.79. The molecule has 1 unspecified atom stereocenters. The van der Waals surface area contributed by atoms with Crippen LogP contribution < -0.4 is 0 Å². The summed E-state index contributed by atoms with van der Waals surface area (Å²) in [6, 6.07) is 7.45. The predicted molar refractivity (Wildman–Crippen MR) is 129 cm³/mol. The molecule has 0 spiro atoms. The van der Waals surface area contributed by atoms with E-state index in [2.05, 4.69) is 36.9 Å². The second-order valence-corrected chi connectivity index (χ2v) is 10.4. The number of likely N-dealkylation sites (N-methyl/N-ethyl adjacent to an activating group) is 1. The van der Waals surface area contributed by atoms with Crippen LogP contribution in [0.5, 0.6) is 0 Å². The topological polar surface area (TPSA) is 43.9 Å². The van der Waals surface area contributed by atoms with Gasteiger partial charge in [0, 0.05) is 56.2 Å². The summed E-state index contributed by atoms with van der Waals surface area (Å²) in [5, 5.41) is 0. The van der Waals surface area contributed by atoms with Crippen molar-refractivity contribution in [3.05, 3.63) is 29.3 Å². The molecule has 0 bridgehead atoms. The quantitative estimate of drug-likeness (QED) is 0.581. The highest BCUT2D eigenvalue weighted by Gasteiger charge is 2.28. The van der Waals surface area contributed by atoms with Gasteiger partial charge in [0.25, 0.3) is 0 Å². The van der Waals surface area contributed by atoms with Gasteiger partial charge in [0.15, 0.2) is 0 Å². The SMILES string of the molecule is CCN(CCCC(=O)N1CCC(C(=O)N(C)C)CC1)C(C)Cc1ccc2c(c1)CCS2. The van der Waals surface area contributed by atoms with Crippen LogP contribution >= 0.6 is 11.8 Å². The van der Waals surface area contributed by atoms with Crippen LogP contribution in [0.15, 0.2) is 23.1 Å². The summed E-state index contributed by atoms with van der Waals surface area (Å²) < 4.78 is 0. The largest absolute Gasteiger partial charge is 0.349 e. The first-order valence-electron chi connectivity index (χ1n) is 11.9. The van der Waals surface area contributed by atoms with E-state index in [9.17, 15) is 9.59 Å². The Labute approximate surface area is 192 Å². The van der Waals surface area contributed by atoms with Crippen LogP contribution in [0.3, 0.4) is 0 Å². The minimum absolute atomic E-state index is 0.0771. The number of piperidine rings is 1. The Balaban J connectivity index is 1.40. The molecule has 0 N–H and O–H groups in total. The Morgan fingerprint density at radius 3 is 2.65 bits per heavy atom. The minimum Gasteiger partial charge on any atom is -0.349 e. The Bertz CT molecular complexity index is 759. The lowest BCUT2D eigenvalue weighted by molar-refractivity contribution is -0.139. The van der Waals surface area contributed by atoms with Crippen LogP contribution in [-0.4, -0.2) is 78.6 Å². The molecule has 2 aliphatic rings. The lowest BCUT2D eigenvalue weighted by Crippen LogP contribution is -2.43. The lowest BCUT2D eigenvalue weighted by atomic mass is 9.95.